The first-order valence-electron chi connectivity index (χ1n) is 5.37. The Labute approximate surface area is 114 Å². The molecule has 0 bridgehead atoms. The Morgan fingerprint density at radius 1 is 1.24 bits per heavy atom. The molecule has 0 aromatic heterocycles. The van der Waals surface area contributed by atoms with Crippen molar-refractivity contribution >= 4 is 38.6 Å². The number of hydrogen-bond acceptors (Lipinski definition) is 3. The van der Waals surface area contributed by atoms with Crippen molar-refractivity contribution in [3.8, 4) is 0 Å². The van der Waals surface area contributed by atoms with E-state index in [9.17, 15) is 4.57 Å². The van der Waals surface area contributed by atoms with E-state index in [1.807, 2.05) is 30.3 Å². The quantitative estimate of drug-likeness (QED) is 0.435. The summed E-state index contributed by atoms with van der Waals surface area (Å²) in [5.74, 6) is 0. The van der Waals surface area contributed by atoms with Crippen molar-refractivity contribution in [2.75, 3.05) is 13.2 Å². The Hall–Kier alpha value is 0.179. The SMILES string of the molecule is CCOP(=O)(OCC)C(Cl)[Se]c1ccccc1. The van der Waals surface area contributed by atoms with E-state index in [4.69, 9.17) is 20.6 Å². The van der Waals surface area contributed by atoms with Crippen LogP contribution in [0, 0.1) is 0 Å². The molecule has 0 N–H and O–H groups in total. The third-order valence-corrected chi connectivity index (χ3v) is 8.48. The predicted octanol–water partition coefficient (Wildman–Crippen LogP) is 2.80. The summed E-state index contributed by atoms with van der Waals surface area (Å²) in [6.45, 7) is 4.24. The fourth-order valence-electron chi connectivity index (χ4n) is 1.19. The van der Waals surface area contributed by atoms with Crippen molar-refractivity contribution in [3.05, 3.63) is 30.3 Å². The Morgan fingerprint density at radius 2 is 1.76 bits per heavy atom. The Balaban J connectivity index is 2.72. The molecule has 0 aliphatic rings. The molecule has 1 aromatic rings. The van der Waals surface area contributed by atoms with Crippen LogP contribution in [0.4, 0.5) is 0 Å². The van der Waals surface area contributed by atoms with Crippen molar-refractivity contribution in [1.29, 1.82) is 0 Å². The van der Waals surface area contributed by atoms with Crippen molar-refractivity contribution in [3.63, 3.8) is 0 Å². The van der Waals surface area contributed by atoms with Crippen molar-refractivity contribution < 1.29 is 13.6 Å². The molecule has 0 saturated carbocycles. The molecule has 0 amide bonds. The van der Waals surface area contributed by atoms with Gasteiger partial charge in [-0.3, -0.25) is 0 Å². The molecule has 0 spiro atoms. The van der Waals surface area contributed by atoms with Crippen molar-refractivity contribution in [1.82, 2.24) is 0 Å². The summed E-state index contributed by atoms with van der Waals surface area (Å²) in [5.41, 5.74) is 0. The molecule has 1 aromatic carbocycles. The molecule has 17 heavy (non-hydrogen) atoms. The average molecular weight is 342 g/mol. The molecule has 6 heteroatoms. The molecule has 3 nitrogen and oxygen atoms in total. The Kier molecular flexibility index (Phi) is 6.79. The van der Waals surface area contributed by atoms with Crippen LogP contribution in [-0.4, -0.2) is 32.2 Å². The normalized spacial score (nSPS) is 13.6. The van der Waals surface area contributed by atoms with Crippen LogP contribution in [0.15, 0.2) is 30.3 Å². The van der Waals surface area contributed by atoms with E-state index in [2.05, 4.69) is 0 Å². The van der Waals surface area contributed by atoms with Crippen LogP contribution < -0.4 is 4.46 Å². The first-order valence-corrected chi connectivity index (χ1v) is 9.26. The van der Waals surface area contributed by atoms with Gasteiger partial charge in [0.2, 0.25) is 0 Å². The van der Waals surface area contributed by atoms with Crippen LogP contribution in [0.5, 0.6) is 0 Å². The summed E-state index contributed by atoms with van der Waals surface area (Å²) in [7, 11) is -3.18. The Morgan fingerprint density at radius 3 is 2.24 bits per heavy atom. The van der Waals surface area contributed by atoms with E-state index in [1.54, 1.807) is 13.8 Å². The number of halogens is 1. The summed E-state index contributed by atoms with van der Waals surface area (Å²) in [5, 5.41) is 0. The summed E-state index contributed by atoms with van der Waals surface area (Å²) < 4.78 is 23.3. The summed E-state index contributed by atoms with van der Waals surface area (Å²) in [6, 6.07) is 9.75. The van der Waals surface area contributed by atoms with Crippen LogP contribution >= 0.6 is 19.2 Å². The van der Waals surface area contributed by atoms with E-state index >= 15 is 0 Å². The van der Waals surface area contributed by atoms with Gasteiger partial charge in [0.1, 0.15) is 0 Å². The van der Waals surface area contributed by atoms with E-state index in [0.29, 0.717) is 13.2 Å². The summed E-state index contributed by atoms with van der Waals surface area (Å²) in [4.78, 5) is 0. The van der Waals surface area contributed by atoms with Gasteiger partial charge in [-0.25, -0.2) is 0 Å². The molecule has 0 radical (unpaired) electrons. The summed E-state index contributed by atoms with van der Waals surface area (Å²) >= 11 is 6.06. The molecule has 0 heterocycles. The fourth-order valence-corrected chi connectivity index (χ4v) is 6.56. The van der Waals surface area contributed by atoms with Crippen LogP contribution in [0.1, 0.15) is 13.8 Å². The molecular weight excluding hydrogens is 326 g/mol. The zero-order chi connectivity index (χ0) is 12.7. The zero-order valence-corrected chi connectivity index (χ0v) is 13.2. The van der Waals surface area contributed by atoms with Gasteiger partial charge in [0, 0.05) is 0 Å². The molecule has 1 rings (SSSR count). The molecular formula is C11H16ClO3PSe. The van der Waals surface area contributed by atoms with Crippen LogP contribution in [0.2, 0.25) is 0 Å². The van der Waals surface area contributed by atoms with Gasteiger partial charge < -0.3 is 0 Å². The van der Waals surface area contributed by atoms with Crippen LogP contribution in [0.3, 0.4) is 0 Å². The third kappa shape index (κ3) is 4.75. The van der Waals surface area contributed by atoms with E-state index in [-0.39, 0.29) is 15.0 Å². The first kappa shape index (κ1) is 15.2. The standard InChI is InChI=1S/C11H16ClO3PSe/c1-3-14-16(13,15-4-2)11(12)17-10-8-6-5-7-9-10/h5-9,11H,3-4H2,1-2H3. The maximum absolute atomic E-state index is 12.4. The Bertz CT molecular complexity index is 364. The molecule has 0 saturated heterocycles. The molecule has 1 atom stereocenters. The molecule has 0 aliphatic heterocycles. The van der Waals surface area contributed by atoms with Gasteiger partial charge in [0.15, 0.2) is 0 Å². The van der Waals surface area contributed by atoms with Gasteiger partial charge in [-0.2, -0.15) is 0 Å². The molecule has 1 unspecified atom stereocenters. The predicted molar refractivity (Wildman–Crippen MR) is 72.3 cm³/mol. The number of benzene rings is 1. The fraction of sp³-hybridized carbons (Fsp3) is 0.455. The minimum atomic E-state index is -3.18. The van der Waals surface area contributed by atoms with Gasteiger partial charge in [0.05, 0.1) is 0 Å². The topological polar surface area (TPSA) is 35.5 Å². The second kappa shape index (κ2) is 7.58. The van der Waals surface area contributed by atoms with E-state index < -0.39 is 11.6 Å². The second-order valence-corrected chi connectivity index (χ2v) is 9.80. The van der Waals surface area contributed by atoms with Gasteiger partial charge in [-0.05, 0) is 0 Å². The number of rotatable bonds is 7. The summed E-state index contributed by atoms with van der Waals surface area (Å²) in [6.07, 6.45) is 0. The van der Waals surface area contributed by atoms with Gasteiger partial charge >= 0.3 is 114 Å². The van der Waals surface area contributed by atoms with E-state index in [0.717, 1.165) is 4.46 Å². The van der Waals surface area contributed by atoms with Crippen LogP contribution in [0.25, 0.3) is 0 Å². The van der Waals surface area contributed by atoms with Gasteiger partial charge in [-0.1, -0.05) is 0 Å². The van der Waals surface area contributed by atoms with Gasteiger partial charge in [-0.15, -0.1) is 0 Å². The molecule has 96 valence electrons. The van der Waals surface area contributed by atoms with Crippen LogP contribution in [-0.2, 0) is 13.6 Å². The van der Waals surface area contributed by atoms with E-state index in [1.165, 1.54) is 0 Å². The monoisotopic (exact) mass is 342 g/mol. The number of hydrogen-bond donors (Lipinski definition) is 0. The maximum atomic E-state index is 12.4. The minimum absolute atomic E-state index is 0.136. The first-order chi connectivity index (χ1) is 8.12. The second-order valence-electron chi connectivity index (χ2n) is 3.10. The van der Waals surface area contributed by atoms with Gasteiger partial charge in [0.25, 0.3) is 0 Å². The van der Waals surface area contributed by atoms with Crippen molar-refractivity contribution in [2.45, 2.75) is 17.9 Å². The molecule has 0 fully saturated rings. The average Bonchev–Trinajstić information content (AvgIpc) is 2.31. The third-order valence-electron chi connectivity index (χ3n) is 1.84. The zero-order valence-electron chi connectivity index (χ0n) is 9.84. The number of alkyl halides is 1. The molecule has 0 aliphatic carbocycles. The van der Waals surface area contributed by atoms with Crippen molar-refractivity contribution in [2.24, 2.45) is 0 Å².